The van der Waals surface area contributed by atoms with E-state index in [9.17, 15) is 177 Å². The van der Waals surface area contributed by atoms with Crippen molar-refractivity contribution >= 4 is 35.4 Å². The van der Waals surface area contributed by atoms with Crippen LogP contribution in [0.4, 0.5) is 0 Å². The van der Waals surface area contributed by atoms with Crippen LogP contribution in [0.2, 0.25) is 0 Å². The molecule has 35 N–H and O–H groups in total. The quantitative estimate of drug-likeness (QED) is 0.0271. The van der Waals surface area contributed by atoms with Gasteiger partial charge in [0.1, 0.15) is 256 Å². The minimum atomic E-state index is -2.90. The molecule has 61 heteroatoms. The lowest BCUT2D eigenvalue weighted by Gasteiger charge is -2.53. The van der Waals surface area contributed by atoms with Crippen molar-refractivity contribution in [3.05, 3.63) is 0 Å². The highest BCUT2D eigenvalue weighted by atomic mass is 16.8. The molecule has 0 bridgehead atoms. The molecule has 0 aliphatic carbocycles. The maximum Gasteiger partial charge on any atom is 0.217 e. The van der Waals surface area contributed by atoms with Gasteiger partial charge in [0.25, 0.3) is 0 Å². The molecule has 0 aromatic heterocycles. The molecular formula is C78H132N6O55. The van der Waals surface area contributed by atoms with Gasteiger partial charge in [-0.2, -0.15) is 0 Å². The summed E-state index contributed by atoms with van der Waals surface area (Å²) in [6.45, 7) is -6.86. The lowest BCUT2D eigenvalue weighted by molar-refractivity contribution is -0.412. The van der Waals surface area contributed by atoms with Gasteiger partial charge in [-0.3, -0.25) is 28.8 Å². The van der Waals surface area contributed by atoms with Crippen LogP contribution in [0.3, 0.4) is 0 Å². The van der Waals surface area contributed by atoms with Crippen LogP contribution in [0, 0.1) is 0 Å². The SMILES string of the molecule is CC(=O)N[C@H]1[C@H](O[C@@H]([C@H](O)[C@H](CO)NC(C)=O)[C@H](O)CO[C@@H]2O[C@@H](C)[C@@H](O)[C@@H](O)[C@@H]2O)O[C@H](CO)[C@@H](O[C@@H]2O[C@H](CO[C@H]3O[C@H](CO)[C@@H](O)[C@H](O)[C@@H]3O[C@@H]3O[C@H](CO)[C@@H](O[C@@H]4O[C@H](CO)[C@H](O)[C@H](O)[C@H]4O)[C@H](O)[C@H]3NC(C)=O)[C@@H](O[C@@H]3O[C@H](CO)[C@@H](O)[C@H](O)[C@H]3NC(C)=O)[C@H](O[C@H]3O[C@H](CO)[C@@H](O[C@@H]4O[C@H](CO)[C@@H](O)[C@H](O)[C@H]4NC(C)=O)[C@H](O)[C@@H]3O[C@@H]3O[C@H](CO)[C@@H](O)[C@H](O)[C@H]3NC(C)=O)[C@@H]2O)[C@@H]1O. The van der Waals surface area contributed by atoms with Crippen LogP contribution in [0.1, 0.15) is 48.5 Å². The van der Waals surface area contributed by atoms with Gasteiger partial charge in [-0.05, 0) is 6.92 Å². The highest BCUT2D eigenvalue weighted by Crippen LogP contribution is 2.42. The smallest absolute Gasteiger partial charge is 0.217 e. The van der Waals surface area contributed by atoms with Crippen LogP contribution in [0.5, 0.6) is 0 Å². The van der Waals surface area contributed by atoms with Crippen LogP contribution >= 0.6 is 0 Å². The van der Waals surface area contributed by atoms with E-state index in [0.29, 0.717) is 0 Å². The first kappa shape index (κ1) is 116. The first-order valence-electron chi connectivity index (χ1n) is 44.4. The van der Waals surface area contributed by atoms with Crippen molar-refractivity contribution in [2.24, 2.45) is 0 Å². The molecule has 10 heterocycles. The molecule has 0 spiro atoms. The lowest BCUT2D eigenvalue weighted by Crippen LogP contribution is -2.72. The van der Waals surface area contributed by atoms with E-state index in [1.54, 1.807) is 0 Å². The van der Waals surface area contributed by atoms with E-state index in [2.05, 4.69) is 31.9 Å². The molecule has 6 amide bonds. The Balaban J connectivity index is 1.13. The third-order valence-corrected chi connectivity index (χ3v) is 25.0. The fraction of sp³-hybridized carbons (Fsp3) is 0.923. The predicted octanol–water partition coefficient (Wildman–Crippen LogP) is -23.5. The van der Waals surface area contributed by atoms with Gasteiger partial charge < -0.3 is 275 Å². The average Bonchev–Trinajstić information content (AvgIpc) is 0.752. The number of carbonyl (C=O) groups is 6. The molecule has 54 atom stereocenters. The van der Waals surface area contributed by atoms with E-state index < -0.39 is 439 Å². The fourth-order valence-electron chi connectivity index (χ4n) is 17.7. The summed E-state index contributed by atoms with van der Waals surface area (Å²) in [5.41, 5.74) is 0. The number of nitrogens with one attached hydrogen (secondary N) is 6. The Morgan fingerprint density at radius 1 is 0.266 bits per heavy atom. The molecule has 0 aromatic rings. The summed E-state index contributed by atoms with van der Waals surface area (Å²) >= 11 is 0. The van der Waals surface area contributed by atoms with Crippen molar-refractivity contribution in [2.45, 2.75) is 380 Å². The minimum absolute atomic E-state index is 0.847. The molecule has 0 saturated carbocycles. The van der Waals surface area contributed by atoms with E-state index in [4.69, 9.17) is 94.7 Å². The first-order valence-corrected chi connectivity index (χ1v) is 44.4. The second-order valence-electron chi connectivity index (χ2n) is 35.0. The molecule has 139 heavy (non-hydrogen) atoms. The van der Waals surface area contributed by atoms with Crippen LogP contribution in [-0.4, -0.2) is 587 Å². The Bertz CT molecular complexity index is 3840. The van der Waals surface area contributed by atoms with E-state index in [1.807, 2.05) is 0 Å². The average molecular weight is 2030 g/mol. The van der Waals surface area contributed by atoms with Gasteiger partial charge in [0.05, 0.1) is 84.8 Å². The van der Waals surface area contributed by atoms with Crippen LogP contribution in [0.25, 0.3) is 0 Å². The Morgan fingerprint density at radius 2 is 0.568 bits per heavy atom. The molecule has 61 nitrogen and oxygen atoms in total. The van der Waals surface area contributed by atoms with Gasteiger partial charge in [-0.25, -0.2) is 0 Å². The second kappa shape index (κ2) is 51.5. The lowest BCUT2D eigenvalue weighted by atomic mass is 9.93. The molecule has 10 saturated heterocycles. The number of carbonyl (C=O) groups excluding carboxylic acids is 6. The number of hydrogen-bond donors (Lipinski definition) is 35. The predicted molar refractivity (Wildman–Crippen MR) is 433 cm³/mol. The standard InChI is InChI=1S/C78H132N6O55/c1-19-42(101)54(113)57(116)74(122-19)120-17-27(100)61(43(102)26(8-85)79-20(2)94)132-72-40(83-24(6)98)52(111)63(34(15-92)128-72)135-76-60(119)66(137-78-68(139-71-39(82-23(5)97)51(110)46(105)30(11-88)125-71)59(118)64(35(16-93)130-78)133-69-37(80-21(3)95)49(108)44(103)28(9-86)123-69)65(136-70-38(81-22(4)96)50(109)45(104)29(10-87)124-70)36(131-76)18-121-77-67(56(115)48(107)32(13-90)127-77)138-73-41(84-25(7)99)53(112)62(33(14-91)129-73)134-75-58(117)55(114)47(106)31(12-89)126-75/h19,26-78,85-93,100-119H,8-18H2,1-7H3,(H,79,94)(H,80,95)(H,81,96)(H,82,97)(H,83,98)(H,84,99)/t19-,26-,27+,28+,29+,30+,31+,32+,33+,34+,35+,36+,37+,38+,39+,40+,41+,42+,43+,44+,45+,46+,47-,48+,49+,50+,51+,52+,53+,54+,55-,56-,57-,58+,59-,60-,61+,62+,63+,64+,65+,66+,67-,68-,69-,70-,71-,72-,73-,74+,75-,76-,77-,78+/m0/s1. The number of ether oxygens (including phenoxy) is 20. The zero-order valence-corrected chi connectivity index (χ0v) is 75.5. The second-order valence-corrected chi connectivity index (χ2v) is 35.0. The molecule has 0 radical (unpaired) electrons. The van der Waals surface area contributed by atoms with Gasteiger partial charge in [0.2, 0.25) is 35.4 Å². The minimum Gasteiger partial charge on any atom is -0.394 e. The van der Waals surface area contributed by atoms with E-state index >= 15 is 0 Å². The number of hydrogen-bond acceptors (Lipinski definition) is 55. The van der Waals surface area contributed by atoms with Crippen molar-refractivity contribution < 1.29 is 272 Å². The van der Waals surface area contributed by atoms with Crippen molar-refractivity contribution in [3.8, 4) is 0 Å². The molecule has 10 rings (SSSR count). The molecule has 0 unspecified atom stereocenters. The van der Waals surface area contributed by atoms with Gasteiger partial charge in [0, 0.05) is 41.5 Å². The van der Waals surface area contributed by atoms with Crippen LogP contribution in [0.15, 0.2) is 0 Å². The number of rotatable bonds is 40. The van der Waals surface area contributed by atoms with Gasteiger partial charge >= 0.3 is 0 Å². The summed E-state index contributed by atoms with van der Waals surface area (Å²) in [5.74, 6) is -6.04. The molecular weight excluding hydrogens is 1900 g/mol. The van der Waals surface area contributed by atoms with Crippen molar-refractivity contribution in [3.63, 3.8) is 0 Å². The van der Waals surface area contributed by atoms with Crippen molar-refractivity contribution in [1.82, 2.24) is 31.9 Å². The zero-order valence-electron chi connectivity index (χ0n) is 75.5. The van der Waals surface area contributed by atoms with Crippen molar-refractivity contribution in [2.75, 3.05) is 72.7 Å². The first-order chi connectivity index (χ1) is 65.7. The normalized spacial score (nSPS) is 45.9. The molecule has 10 aliphatic rings. The Kier molecular flexibility index (Phi) is 42.9. The monoisotopic (exact) mass is 2030 g/mol. The van der Waals surface area contributed by atoms with Crippen LogP contribution < -0.4 is 31.9 Å². The molecule has 0 aromatic carbocycles. The van der Waals surface area contributed by atoms with Crippen molar-refractivity contribution in [1.29, 1.82) is 0 Å². The third-order valence-electron chi connectivity index (χ3n) is 25.0. The number of aliphatic hydroxyl groups is 29. The third kappa shape index (κ3) is 26.9. The Morgan fingerprint density at radius 3 is 0.978 bits per heavy atom. The Hall–Kier alpha value is -5.14. The summed E-state index contributed by atoms with van der Waals surface area (Å²) in [4.78, 5) is 78.6. The molecule has 10 fully saturated rings. The summed E-state index contributed by atoms with van der Waals surface area (Å²) < 4.78 is 123. The maximum atomic E-state index is 13.7. The van der Waals surface area contributed by atoms with E-state index in [0.717, 1.165) is 41.5 Å². The summed E-state index contributed by atoms with van der Waals surface area (Å²) in [7, 11) is 0. The summed E-state index contributed by atoms with van der Waals surface area (Å²) in [6, 6.07) is -12.1. The largest absolute Gasteiger partial charge is 0.394 e. The van der Waals surface area contributed by atoms with Gasteiger partial charge in [-0.1, -0.05) is 0 Å². The number of aliphatic hydroxyl groups excluding tert-OH is 29. The van der Waals surface area contributed by atoms with E-state index in [1.165, 1.54) is 6.92 Å². The zero-order chi connectivity index (χ0) is 103. The highest BCUT2D eigenvalue weighted by Gasteiger charge is 2.63. The van der Waals surface area contributed by atoms with Gasteiger partial charge in [0.15, 0.2) is 62.9 Å². The van der Waals surface area contributed by atoms with Crippen LogP contribution in [-0.2, 0) is 124 Å². The molecule has 804 valence electrons. The number of amides is 6. The van der Waals surface area contributed by atoms with Gasteiger partial charge in [-0.15, -0.1) is 0 Å². The summed E-state index contributed by atoms with van der Waals surface area (Å²) in [6.07, 6.45) is -107. The highest BCUT2D eigenvalue weighted by molar-refractivity contribution is 5.75. The topological polar surface area (TPSA) is 946 Å². The Labute approximate surface area is 788 Å². The fourth-order valence-corrected chi connectivity index (χ4v) is 17.7. The maximum absolute atomic E-state index is 13.7. The van der Waals surface area contributed by atoms with E-state index in [-0.39, 0.29) is 0 Å². The molecule has 10 aliphatic heterocycles. The summed E-state index contributed by atoms with van der Waals surface area (Å²) in [5, 5.41) is 344.